The number of benzene rings is 1. The summed E-state index contributed by atoms with van der Waals surface area (Å²) in [6.07, 6.45) is 5.88. The Bertz CT molecular complexity index is 837. The van der Waals surface area contributed by atoms with Crippen molar-refractivity contribution in [3.05, 3.63) is 54.9 Å². The molecule has 154 valence electrons. The Morgan fingerprint density at radius 1 is 1.38 bits per heavy atom. The van der Waals surface area contributed by atoms with Gasteiger partial charge in [-0.2, -0.15) is 0 Å². The molecule has 0 aliphatic carbocycles. The van der Waals surface area contributed by atoms with E-state index < -0.39 is 0 Å². The third-order valence-corrected chi connectivity index (χ3v) is 6.09. The summed E-state index contributed by atoms with van der Waals surface area (Å²) in [6, 6.07) is 10.1. The quantitative estimate of drug-likeness (QED) is 0.642. The molecule has 0 saturated carbocycles. The average Bonchev–Trinajstić information content (AvgIpc) is 3.20. The minimum atomic E-state index is 0.107. The van der Waals surface area contributed by atoms with Gasteiger partial charge in [-0.15, -0.1) is 11.7 Å². The van der Waals surface area contributed by atoms with Gasteiger partial charge in [-0.3, -0.25) is 14.4 Å². The number of para-hydroxylation sites is 1. The van der Waals surface area contributed by atoms with Gasteiger partial charge in [-0.05, 0) is 37.4 Å². The summed E-state index contributed by atoms with van der Waals surface area (Å²) in [5, 5.41) is 8.53. The van der Waals surface area contributed by atoms with Crippen LogP contribution in [0.2, 0.25) is 0 Å². The second-order valence-corrected chi connectivity index (χ2v) is 8.08. The molecule has 5 rings (SSSR count). The lowest BCUT2D eigenvalue weighted by molar-refractivity contribution is -0.142. The van der Waals surface area contributed by atoms with Crippen molar-refractivity contribution in [1.29, 1.82) is 0 Å². The molecule has 1 aromatic heterocycles. The van der Waals surface area contributed by atoms with Crippen molar-refractivity contribution in [2.24, 2.45) is 11.8 Å². The number of carbonyl (C=O) groups excluding carboxylic acids is 1. The van der Waals surface area contributed by atoms with Crippen molar-refractivity contribution in [3.8, 4) is 5.75 Å². The highest BCUT2D eigenvalue weighted by molar-refractivity contribution is 5.79. The Labute approximate surface area is 171 Å². The van der Waals surface area contributed by atoms with Crippen LogP contribution in [0.25, 0.3) is 0 Å². The molecular weight excluding hydrogens is 366 g/mol. The first kappa shape index (κ1) is 19.6. The fourth-order valence-corrected chi connectivity index (χ4v) is 4.56. The molecule has 1 amide bonds. The number of fused-ring (bicyclic) bond motifs is 3. The molecule has 3 aliphatic heterocycles. The Kier molecular flexibility index (Phi) is 5.94. The highest BCUT2D eigenvalue weighted by Crippen LogP contribution is 2.37. The van der Waals surface area contributed by atoms with Crippen LogP contribution in [-0.4, -0.2) is 63.4 Å². The number of rotatable bonds is 8. The molecule has 0 radical (unpaired) electrons. The van der Waals surface area contributed by atoms with E-state index in [1.54, 1.807) is 11.0 Å². The van der Waals surface area contributed by atoms with Crippen LogP contribution < -0.4 is 4.74 Å². The number of likely N-dealkylation sites (N-methyl/N-ethyl adjacent to an activating group) is 1. The van der Waals surface area contributed by atoms with Gasteiger partial charge in [-0.25, -0.2) is 0 Å². The highest BCUT2D eigenvalue weighted by atomic mass is 16.5. The van der Waals surface area contributed by atoms with Crippen molar-refractivity contribution in [2.75, 3.05) is 26.7 Å². The Balaban J connectivity index is 1.32. The molecule has 3 aliphatic rings. The Morgan fingerprint density at radius 3 is 2.93 bits per heavy atom. The van der Waals surface area contributed by atoms with Crippen LogP contribution in [-0.2, 0) is 17.9 Å². The lowest BCUT2D eigenvalue weighted by Gasteiger charge is -2.49. The van der Waals surface area contributed by atoms with Crippen molar-refractivity contribution in [2.45, 2.75) is 32.0 Å². The van der Waals surface area contributed by atoms with Crippen LogP contribution in [0.3, 0.4) is 0 Å². The lowest BCUT2D eigenvalue weighted by atomic mass is 9.75. The number of amides is 1. The first-order valence-electron chi connectivity index (χ1n) is 10.3. The summed E-state index contributed by atoms with van der Waals surface area (Å²) in [6.45, 7) is 7.46. The molecular formula is C22H29N5O2. The van der Waals surface area contributed by atoms with Crippen LogP contribution in [0.15, 0.2) is 49.2 Å². The first-order valence-corrected chi connectivity index (χ1v) is 10.3. The van der Waals surface area contributed by atoms with Gasteiger partial charge in [-0.1, -0.05) is 29.5 Å². The molecule has 7 heteroatoms. The predicted molar refractivity (Wildman–Crippen MR) is 110 cm³/mol. The van der Waals surface area contributed by atoms with Crippen LogP contribution in [0, 0.1) is 11.8 Å². The monoisotopic (exact) mass is 395 g/mol. The van der Waals surface area contributed by atoms with E-state index in [0.717, 1.165) is 43.9 Å². The van der Waals surface area contributed by atoms with Gasteiger partial charge in [0.05, 0.1) is 18.7 Å². The van der Waals surface area contributed by atoms with Gasteiger partial charge in [0.15, 0.2) is 0 Å². The van der Waals surface area contributed by atoms with Gasteiger partial charge in [0.2, 0.25) is 5.91 Å². The molecule has 7 nitrogen and oxygen atoms in total. The van der Waals surface area contributed by atoms with E-state index in [-0.39, 0.29) is 11.8 Å². The number of hydrogen-bond acceptors (Lipinski definition) is 5. The fraction of sp³-hybridized carbons (Fsp3) is 0.500. The molecule has 0 spiro atoms. The second kappa shape index (κ2) is 8.78. The maximum absolute atomic E-state index is 12.7. The largest absolute Gasteiger partial charge is 0.487 e. The van der Waals surface area contributed by atoms with Gasteiger partial charge in [0.1, 0.15) is 18.1 Å². The molecule has 2 bridgehead atoms. The van der Waals surface area contributed by atoms with Gasteiger partial charge < -0.3 is 9.64 Å². The van der Waals surface area contributed by atoms with Crippen molar-refractivity contribution >= 4 is 5.91 Å². The zero-order valence-electron chi connectivity index (χ0n) is 17.0. The third-order valence-electron chi connectivity index (χ3n) is 6.09. The van der Waals surface area contributed by atoms with Crippen LogP contribution >= 0.6 is 0 Å². The predicted octanol–water partition coefficient (Wildman–Crippen LogP) is 2.21. The fourth-order valence-electron chi connectivity index (χ4n) is 4.56. The van der Waals surface area contributed by atoms with Crippen LogP contribution in [0.5, 0.6) is 5.75 Å². The van der Waals surface area contributed by atoms with Gasteiger partial charge in [0.25, 0.3) is 0 Å². The smallest absolute Gasteiger partial charge is 0.227 e. The molecule has 4 heterocycles. The maximum atomic E-state index is 12.7. The van der Waals surface area contributed by atoms with E-state index in [2.05, 4.69) is 21.8 Å². The summed E-state index contributed by atoms with van der Waals surface area (Å²) in [4.78, 5) is 17.0. The molecule has 29 heavy (non-hydrogen) atoms. The third kappa shape index (κ3) is 4.50. The SMILES string of the molecule is C=CCN(C)C(=O)[C@H]1CN2CCC1C[C@@H]2Cn1cc(COc2ccccc2)nn1. The van der Waals surface area contributed by atoms with E-state index in [1.165, 1.54) is 0 Å². The molecule has 0 N–H and O–H groups in total. The number of ether oxygens (including phenoxy) is 1. The summed E-state index contributed by atoms with van der Waals surface area (Å²) in [5.41, 5.74) is 0.823. The number of aromatic nitrogens is 3. The summed E-state index contributed by atoms with van der Waals surface area (Å²) < 4.78 is 7.66. The second-order valence-electron chi connectivity index (χ2n) is 8.08. The number of nitrogens with zero attached hydrogens (tertiary/aromatic N) is 5. The number of piperidine rings is 3. The van der Waals surface area contributed by atoms with Gasteiger partial charge in [0, 0.05) is 26.2 Å². The standard InChI is InChI=1S/C22H29N5O2/c1-3-10-25(2)22(28)21-15-26-11-9-17(21)12-19(26)14-27-13-18(23-24-27)16-29-20-7-5-4-6-8-20/h3-8,13,17,19,21H,1,9-12,14-16H2,2H3/t17?,19-,21+/m1/s1. The highest BCUT2D eigenvalue weighted by Gasteiger charge is 2.43. The van der Waals surface area contributed by atoms with E-state index in [9.17, 15) is 4.79 Å². The van der Waals surface area contributed by atoms with E-state index in [4.69, 9.17) is 4.74 Å². The maximum Gasteiger partial charge on any atom is 0.227 e. The molecule has 2 aromatic rings. The minimum absolute atomic E-state index is 0.107. The van der Waals surface area contributed by atoms with Crippen molar-refractivity contribution < 1.29 is 9.53 Å². The van der Waals surface area contributed by atoms with E-state index in [1.807, 2.05) is 48.3 Å². The molecule has 3 saturated heterocycles. The Hall–Kier alpha value is -2.67. The lowest BCUT2D eigenvalue weighted by Crippen LogP contribution is -2.58. The molecule has 2 unspecified atom stereocenters. The topological polar surface area (TPSA) is 63.5 Å². The summed E-state index contributed by atoms with van der Waals surface area (Å²) in [7, 11) is 1.87. The summed E-state index contributed by atoms with van der Waals surface area (Å²) >= 11 is 0. The minimum Gasteiger partial charge on any atom is -0.487 e. The summed E-state index contributed by atoms with van der Waals surface area (Å²) in [5.74, 6) is 1.64. The van der Waals surface area contributed by atoms with Crippen molar-refractivity contribution in [3.63, 3.8) is 0 Å². The molecule has 4 atom stereocenters. The first-order chi connectivity index (χ1) is 14.1. The molecule has 1 aromatic carbocycles. The number of hydrogen-bond donors (Lipinski definition) is 0. The van der Waals surface area contributed by atoms with E-state index in [0.29, 0.717) is 25.1 Å². The van der Waals surface area contributed by atoms with Gasteiger partial charge >= 0.3 is 0 Å². The Morgan fingerprint density at radius 2 is 2.21 bits per heavy atom. The van der Waals surface area contributed by atoms with E-state index >= 15 is 0 Å². The van der Waals surface area contributed by atoms with Crippen LogP contribution in [0.1, 0.15) is 18.5 Å². The molecule has 3 fully saturated rings. The average molecular weight is 396 g/mol. The van der Waals surface area contributed by atoms with Crippen LogP contribution in [0.4, 0.5) is 0 Å². The zero-order valence-corrected chi connectivity index (χ0v) is 17.0. The zero-order chi connectivity index (χ0) is 20.2. The normalized spacial score (nSPS) is 25.6. The number of carbonyl (C=O) groups is 1. The van der Waals surface area contributed by atoms with Crippen molar-refractivity contribution in [1.82, 2.24) is 24.8 Å².